The lowest BCUT2D eigenvalue weighted by atomic mass is 9.84. The molecule has 1 amide bonds. The molecule has 27 heavy (non-hydrogen) atoms. The molecule has 5 heteroatoms. The lowest BCUT2D eigenvalue weighted by Gasteiger charge is -2.41. The molecule has 0 aromatic carbocycles. The van der Waals surface area contributed by atoms with Gasteiger partial charge in [0.25, 0.3) is 0 Å². The molecule has 3 fully saturated rings. The number of amides is 1. The molecular weight excluding hydrogens is 354 g/mol. The smallest absolute Gasteiger partial charge is 0.223 e. The van der Waals surface area contributed by atoms with E-state index < -0.39 is 0 Å². The van der Waals surface area contributed by atoms with Gasteiger partial charge in [-0.25, -0.2) is 4.98 Å². The summed E-state index contributed by atoms with van der Waals surface area (Å²) < 4.78 is 0. The second-order valence-corrected chi connectivity index (χ2v) is 10.4. The van der Waals surface area contributed by atoms with Crippen LogP contribution < -0.4 is 0 Å². The maximum atomic E-state index is 12.8. The van der Waals surface area contributed by atoms with E-state index in [0.29, 0.717) is 5.91 Å². The van der Waals surface area contributed by atoms with Crippen molar-refractivity contribution in [1.29, 1.82) is 0 Å². The third-order valence-electron chi connectivity index (χ3n) is 7.22. The van der Waals surface area contributed by atoms with Gasteiger partial charge in [0, 0.05) is 36.5 Å². The number of carbonyl (C=O) groups is 1. The van der Waals surface area contributed by atoms with E-state index in [9.17, 15) is 4.79 Å². The number of thiazole rings is 1. The first-order chi connectivity index (χ1) is 13.1. The van der Waals surface area contributed by atoms with Crippen molar-refractivity contribution < 1.29 is 4.79 Å². The zero-order chi connectivity index (χ0) is 18.9. The summed E-state index contributed by atoms with van der Waals surface area (Å²) in [5.41, 5.74) is 1.36. The average molecular weight is 390 g/mol. The number of rotatable bonds is 4. The van der Waals surface area contributed by atoms with E-state index in [4.69, 9.17) is 0 Å². The fourth-order valence-electron chi connectivity index (χ4n) is 5.63. The van der Waals surface area contributed by atoms with Crippen LogP contribution in [-0.4, -0.2) is 45.9 Å². The molecule has 2 saturated heterocycles. The van der Waals surface area contributed by atoms with Crippen molar-refractivity contribution in [2.24, 2.45) is 5.92 Å². The van der Waals surface area contributed by atoms with Crippen LogP contribution >= 0.6 is 11.3 Å². The van der Waals surface area contributed by atoms with E-state index in [0.717, 1.165) is 51.4 Å². The van der Waals surface area contributed by atoms with Crippen LogP contribution in [0.25, 0.3) is 0 Å². The van der Waals surface area contributed by atoms with Crippen molar-refractivity contribution >= 4 is 17.2 Å². The van der Waals surface area contributed by atoms with Crippen molar-refractivity contribution in [1.82, 2.24) is 14.8 Å². The molecule has 0 bridgehead atoms. The highest BCUT2D eigenvalue weighted by Crippen LogP contribution is 2.41. The highest BCUT2D eigenvalue weighted by Gasteiger charge is 2.46. The van der Waals surface area contributed by atoms with Gasteiger partial charge in [-0.1, -0.05) is 19.3 Å². The summed E-state index contributed by atoms with van der Waals surface area (Å²) >= 11 is 1.85. The highest BCUT2D eigenvalue weighted by atomic mass is 32.1. The van der Waals surface area contributed by atoms with Crippen molar-refractivity contribution in [3.63, 3.8) is 0 Å². The maximum absolute atomic E-state index is 12.8. The molecule has 1 aromatic rings. The van der Waals surface area contributed by atoms with E-state index >= 15 is 0 Å². The molecule has 1 unspecified atom stereocenters. The molecular formula is C22H35N3OS. The fraction of sp³-hybridized carbons (Fsp3) is 0.818. The third-order valence-corrected chi connectivity index (χ3v) is 8.28. The second-order valence-electron chi connectivity index (χ2n) is 9.10. The first-order valence-electron chi connectivity index (χ1n) is 11.0. The molecule has 4 rings (SSSR count). The minimum Gasteiger partial charge on any atom is -0.337 e. The Hall–Kier alpha value is -0.940. The van der Waals surface area contributed by atoms with Crippen molar-refractivity contribution in [3.05, 3.63) is 15.6 Å². The first-order valence-corrected chi connectivity index (χ1v) is 11.8. The molecule has 1 aliphatic carbocycles. The number of hydrogen-bond acceptors (Lipinski definition) is 4. The van der Waals surface area contributed by atoms with Gasteiger partial charge in [-0.2, -0.15) is 0 Å². The highest BCUT2D eigenvalue weighted by molar-refractivity contribution is 7.11. The van der Waals surface area contributed by atoms with Gasteiger partial charge in [-0.15, -0.1) is 11.3 Å². The van der Waals surface area contributed by atoms with Gasteiger partial charge in [0.2, 0.25) is 5.91 Å². The van der Waals surface area contributed by atoms with Crippen molar-refractivity contribution in [2.75, 3.05) is 19.6 Å². The molecule has 150 valence electrons. The van der Waals surface area contributed by atoms with Gasteiger partial charge in [-0.3, -0.25) is 9.69 Å². The van der Waals surface area contributed by atoms with Crippen LogP contribution in [0, 0.1) is 19.8 Å². The summed E-state index contributed by atoms with van der Waals surface area (Å²) in [7, 11) is 0. The Morgan fingerprint density at radius 3 is 2.63 bits per heavy atom. The lowest BCUT2D eigenvalue weighted by molar-refractivity contribution is -0.132. The largest absolute Gasteiger partial charge is 0.337 e. The Kier molecular flexibility index (Phi) is 5.89. The Morgan fingerprint density at radius 2 is 1.89 bits per heavy atom. The van der Waals surface area contributed by atoms with Crippen LogP contribution in [-0.2, 0) is 11.3 Å². The number of carbonyl (C=O) groups excluding carboxylic acids is 1. The van der Waals surface area contributed by atoms with Gasteiger partial charge in [-0.05, 0) is 64.8 Å². The van der Waals surface area contributed by atoms with Gasteiger partial charge >= 0.3 is 0 Å². The monoisotopic (exact) mass is 389 g/mol. The molecule has 3 heterocycles. The number of hydrogen-bond donors (Lipinski definition) is 0. The number of aryl methyl sites for hydroxylation is 2. The quantitative estimate of drug-likeness (QED) is 0.750. The molecule has 2 aliphatic heterocycles. The number of nitrogens with zero attached hydrogens (tertiary/aromatic N) is 3. The summed E-state index contributed by atoms with van der Waals surface area (Å²) in [6.07, 6.45) is 12.2. The molecule has 1 atom stereocenters. The Bertz CT molecular complexity index is 667. The standard InChI is InChI=1S/C22H35N3OS/c1-17-20(27-18(2)23-17)16-24-13-6-10-22(12-14-24)11-9-21(26)25(22)15-19-7-4-3-5-8-19/h19H,3-16H2,1-2H3. The third kappa shape index (κ3) is 4.24. The van der Waals surface area contributed by atoms with Crippen LogP contribution in [0.2, 0.25) is 0 Å². The summed E-state index contributed by atoms with van der Waals surface area (Å²) in [6.45, 7) is 8.58. The normalized spacial score (nSPS) is 28.2. The Balaban J connectivity index is 1.41. The van der Waals surface area contributed by atoms with E-state index in [1.54, 1.807) is 0 Å². The molecule has 1 aromatic heterocycles. The first kappa shape index (κ1) is 19.4. The predicted octanol–water partition coefficient (Wildman–Crippen LogP) is 4.69. The van der Waals surface area contributed by atoms with Crippen LogP contribution in [0.4, 0.5) is 0 Å². The van der Waals surface area contributed by atoms with Crippen LogP contribution in [0.1, 0.15) is 79.8 Å². The van der Waals surface area contributed by atoms with Gasteiger partial charge in [0.05, 0.1) is 10.7 Å². The molecule has 0 N–H and O–H groups in total. The summed E-state index contributed by atoms with van der Waals surface area (Å²) in [5, 5.41) is 1.17. The van der Waals surface area contributed by atoms with Crippen LogP contribution in [0.3, 0.4) is 0 Å². The molecule has 0 radical (unpaired) electrons. The van der Waals surface area contributed by atoms with Crippen LogP contribution in [0.5, 0.6) is 0 Å². The Labute approximate surface area is 168 Å². The van der Waals surface area contributed by atoms with Gasteiger partial charge in [0.1, 0.15) is 0 Å². The van der Waals surface area contributed by atoms with E-state index in [2.05, 4.69) is 28.6 Å². The van der Waals surface area contributed by atoms with Crippen molar-refractivity contribution in [3.8, 4) is 0 Å². The Morgan fingerprint density at radius 1 is 1.07 bits per heavy atom. The lowest BCUT2D eigenvalue weighted by Crippen LogP contribution is -2.48. The summed E-state index contributed by atoms with van der Waals surface area (Å²) in [5.74, 6) is 1.18. The average Bonchev–Trinajstić information content (AvgIpc) is 3.04. The predicted molar refractivity (Wildman–Crippen MR) is 111 cm³/mol. The molecule has 1 spiro atoms. The van der Waals surface area contributed by atoms with E-state index in [1.165, 1.54) is 60.5 Å². The van der Waals surface area contributed by atoms with Crippen molar-refractivity contribution in [2.45, 2.75) is 90.1 Å². The summed E-state index contributed by atoms with van der Waals surface area (Å²) in [6, 6.07) is 0. The number of likely N-dealkylation sites (tertiary alicyclic amines) is 2. The topological polar surface area (TPSA) is 36.4 Å². The summed E-state index contributed by atoms with van der Waals surface area (Å²) in [4.78, 5) is 23.7. The van der Waals surface area contributed by atoms with E-state index in [1.807, 2.05) is 11.3 Å². The molecule has 1 saturated carbocycles. The molecule has 3 aliphatic rings. The SMILES string of the molecule is Cc1nc(C)c(CN2CCCC3(CCC(=O)N3CC3CCCCC3)CC2)s1. The number of aromatic nitrogens is 1. The zero-order valence-corrected chi connectivity index (χ0v) is 18.0. The zero-order valence-electron chi connectivity index (χ0n) is 17.1. The fourth-order valence-corrected chi connectivity index (χ4v) is 6.61. The minimum absolute atomic E-state index is 0.155. The van der Waals surface area contributed by atoms with Gasteiger partial charge < -0.3 is 4.90 Å². The maximum Gasteiger partial charge on any atom is 0.223 e. The van der Waals surface area contributed by atoms with E-state index in [-0.39, 0.29) is 5.54 Å². The van der Waals surface area contributed by atoms with Gasteiger partial charge in [0.15, 0.2) is 0 Å². The minimum atomic E-state index is 0.155. The second kappa shape index (κ2) is 8.20. The molecule has 4 nitrogen and oxygen atoms in total. The van der Waals surface area contributed by atoms with Crippen LogP contribution in [0.15, 0.2) is 0 Å².